The van der Waals surface area contributed by atoms with Crippen LogP contribution in [0.1, 0.15) is 12.5 Å². The summed E-state index contributed by atoms with van der Waals surface area (Å²) in [4.78, 5) is 8.62. The first-order valence-electron chi connectivity index (χ1n) is 7.38. The Kier molecular flexibility index (Phi) is 9.61. The largest absolute Gasteiger partial charge is 0.357 e. The Bertz CT molecular complexity index is 570. The van der Waals surface area contributed by atoms with Crippen molar-refractivity contribution in [2.24, 2.45) is 4.99 Å². The predicted molar refractivity (Wildman–Crippen MR) is 105 cm³/mol. The molecule has 0 aliphatic carbocycles. The van der Waals surface area contributed by atoms with Gasteiger partial charge in [0.15, 0.2) is 5.96 Å². The van der Waals surface area contributed by atoms with Crippen molar-refractivity contribution in [3.8, 4) is 0 Å². The second-order valence-corrected chi connectivity index (χ2v) is 5.08. The third kappa shape index (κ3) is 7.65. The van der Waals surface area contributed by atoms with Crippen LogP contribution >= 0.6 is 35.6 Å². The van der Waals surface area contributed by atoms with E-state index in [0.29, 0.717) is 11.7 Å². The van der Waals surface area contributed by atoms with Crippen LogP contribution in [0.2, 0.25) is 5.15 Å². The van der Waals surface area contributed by atoms with E-state index in [2.05, 4.69) is 25.7 Å². The molecule has 2 heterocycles. The van der Waals surface area contributed by atoms with Crippen molar-refractivity contribution in [3.05, 3.63) is 47.5 Å². The molecule has 23 heavy (non-hydrogen) atoms. The quantitative estimate of drug-likeness (QED) is 0.295. The van der Waals surface area contributed by atoms with Crippen LogP contribution in [0, 0.1) is 0 Å². The minimum atomic E-state index is 0. The molecular weight excluding hydrogens is 427 g/mol. The summed E-state index contributed by atoms with van der Waals surface area (Å²) >= 11 is 5.77. The first-order valence-corrected chi connectivity index (χ1v) is 7.76. The Morgan fingerprint density at radius 3 is 2.87 bits per heavy atom. The van der Waals surface area contributed by atoms with Gasteiger partial charge >= 0.3 is 0 Å². The molecule has 0 aliphatic rings. The molecule has 2 aromatic heterocycles. The van der Waals surface area contributed by atoms with Crippen molar-refractivity contribution >= 4 is 41.5 Å². The number of pyridine rings is 1. The van der Waals surface area contributed by atoms with E-state index >= 15 is 0 Å². The van der Waals surface area contributed by atoms with Crippen LogP contribution in [0.25, 0.3) is 0 Å². The van der Waals surface area contributed by atoms with Gasteiger partial charge in [0.1, 0.15) is 5.15 Å². The number of rotatable bonds is 7. The molecular formula is C15H22ClIN6. The maximum absolute atomic E-state index is 5.77. The normalized spacial score (nSPS) is 11.0. The van der Waals surface area contributed by atoms with Gasteiger partial charge in [-0.15, -0.1) is 24.0 Å². The second kappa shape index (κ2) is 11.2. The highest BCUT2D eigenvalue weighted by molar-refractivity contribution is 14.0. The highest BCUT2D eigenvalue weighted by Crippen LogP contribution is 2.05. The highest BCUT2D eigenvalue weighted by Gasteiger charge is 1.98. The molecule has 0 amide bonds. The lowest BCUT2D eigenvalue weighted by atomic mass is 10.2. The summed E-state index contributed by atoms with van der Waals surface area (Å²) in [5, 5.41) is 11.2. The van der Waals surface area contributed by atoms with Crippen LogP contribution in [0.15, 0.2) is 41.8 Å². The first-order chi connectivity index (χ1) is 10.8. The van der Waals surface area contributed by atoms with Gasteiger partial charge in [0.05, 0.1) is 6.54 Å². The molecule has 0 saturated carbocycles. The molecule has 0 fully saturated rings. The number of aromatic nitrogens is 3. The molecule has 0 aromatic carbocycles. The van der Waals surface area contributed by atoms with Gasteiger partial charge < -0.3 is 10.6 Å². The summed E-state index contributed by atoms with van der Waals surface area (Å²) in [5.74, 6) is 0.816. The molecule has 2 aromatic rings. The standard InChI is InChI=1S/C15H21ClN6.HI/c1-2-17-15(19-9-11-22-10-3-7-21-22)18-8-6-13-4-5-14(16)20-12-13;/h3-5,7,10,12H,2,6,8-9,11H2,1H3,(H2,17,18,19);1H. The minimum absolute atomic E-state index is 0. The van der Waals surface area contributed by atoms with Crippen molar-refractivity contribution in [1.82, 2.24) is 25.4 Å². The number of hydrogen-bond acceptors (Lipinski definition) is 3. The fraction of sp³-hybridized carbons (Fsp3) is 0.400. The zero-order valence-corrected chi connectivity index (χ0v) is 16.2. The fourth-order valence-electron chi connectivity index (χ4n) is 1.91. The highest BCUT2D eigenvalue weighted by atomic mass is 127. The molecule has 2 rings (SSSR count). The van der Waals surface area contributed by atoms with Crippen molar-refractivity contribution in [2.75, 3.05) is 19.6 Å². The van der Waals surface area contributed by atoms with Gasteiger partial charge in [-0.3, -0.25) is 9.67 Å². The summed E-state index contributed by atoms with van der Waals surface area (Å²) in [7, 11) is 0. The van der Waals surface area contributed by atoms with E-state index in [1.165, 1.54) is 0 Å². The lowest BCUT2D eigenvalue weighted by Gasteiger charge is -2.11. The van der Waals surface area contributed by atoms with Gasteiger partial charge in [0.2, 0.25) is 0 Å². The maximum Gasteiger partial charge on any atom is 0.191 e. The zero-order chi connectivity index (χ0) is 15.6. The minimum Gasteiger partial charge on any atom is -0.357 e. The van der Waals surface area contributed by atoms with E-state index in [1.807, 2.05) is 29.9 Å². The van der Waals surface area contributed by atoms with Gasteiger partial charge in [0, 0.05) is 38.2 Å². The van der Waals surface area contributed by atoms with E-state index in [-0.39, 0.29) is 24.0 Å². The van der Waals surface area contributed by atoms with Gasteiger partial charge in [0.25, 0.3) is 0 Å². The molecule has 0 atom stereocenters. The van der Waals surface area contributed by atoms with Crippen LogP contribution in [-0.4, -0.2) is 40.4 Å². The number of nitrogens with zero attached hydrogens (tertiary/aromatic N) is 4. The van der Waals surface area contributed by atoms with E-state index in [0.717, 1.165) is 37.6 Å². The first kappa shape index (κ1) is 19.7. The Morgan fingerprint density at radius 1 is 1.35 bits per heavy atom. The van der Waals surface area contributed by atoms with Crippen LogP contribution in [-0.2, 0) is 13.0 Å². The van der Waals surface area contributed by atoms with Crippen LogP contribution in [0.4, 0.5) is 0 Å². The third-order valence-corrected chi connectivity index (χ3v) is 3.22. The van der Waals surface area contributed by atoms with Gasteiger partial charge in [-0.25, -0.2) is 4.98 Å². The average Bonchev–Trinajstić information content (AvgIpc) is 3.02. The SMILES string of the molecule is CCNC(=NCCc1ccc(Cl)nc1)NCCn1cccn1.I. The van der Waals surface area contributed by atoms with Crippen LogP contribution < -0.4 is 10.6 Å². The van der Waals surface area contributed by atoms with E-state index < -0.39 is 0 Å². The summed E-state index contributed by atoms with van der Waals surface area (Å²) in [6.45, 7) is 5.15. The Hall–Kier alpha value is -1.35. The molecule has 0 spiro atoms. The summed E-state index contributed by atoms with van der Waals surface area (Å²) in [6.07, 6.45) is 6.34. The van der Waals surface area contributed by atoms with Crippen LogP contribution in [0.5, 0.6) is 0 Å². The number of nitrogens with one attached hydrogen (secondary N) is 2. The summed E-state index contributed by atoms with van der Waals surface area (Å²) < 4.78 is 1.88. The molecule has 0 aliphatic heterocycles. The zero-order valence-electron chi connectivity index (χ0n) is 13.1. The van der Waals surface area contributed by atoms with E-state index in [4.69, 9.17) is 11.6 Å². The monoisotopic (exact) mass is 448 g/mol. The van der Waals surface area contributed by atoms with Gasteiger partial charge in [-0.05, 0) is 31.0 Å². The van der Waals surface area contributed by atoms with Crippen LogP contribution in [0.3, 0.4) is 0 Å². The number of guanidine groups is 1. The van der Waals surface area contributed by atoms with Gasteiger partial charge in [-0.2, -0.15) is 5.10 Å². The molecule has 0 unspecified atom stereocenters. The third-order valence-electron chi connectivity index (χ3n) is 3.00. The topological polar surface area (TPSA) is 67.1 Å². The van der Waals surface area contributed by atoms with Gasteiger partial charge in [-0.1, -0.05) is 17.7 Å². The second-order valence-electron chi connectivity index (χ2n) is 4.70. The molecule has 0 radical (unpaired) electrons. The molecule has 0 bridgehead atoms. The lowest BCUT2D eigenvalue weighted by molar-refractivity contribution is 0.598. The summed E-state index contributed by atoms with van der Waals surface area (Å²) in [5.41, 5.74) is 1.13. The fourth-order valence-corrected chi connectivity index (χ4v) is 2.03. The smallest absolute Gasteiger partial charge is 0.191 e. The van der Waals surface area contributed by atoms with Crippen molar-refractivity contribution in [1.29, 1.82) is 0 Å². The number of halogens is 2. The van der Waals surface area contributed by atoms with Crippen molar-refractivity contribution < 1.29 is 0 Å². The Balaban J connectivity index is 0.00000264. The average molecular weight is 449 g/mol. The Morgan fingerprint density at radius 2 is 2.22 bits per heavy atom. The summed E-state index contributed by atoms with van der Waals surface area (Å²) in [6, 6.07) is 5.69. The number of aliphatic imine (C=N–C) groups is 1. The maximum atomic E-state index is 5.77. The molecule has 8 heteroatoms. The molecule has 126 valence electrons. The number of hydrogen-bond donors (Lipinski definition) is 2. The van der Waals surface area contributed by atoms with Crippen molar-refractivity contribution in [2.45, 2.75) is 19.9 Å². The lowest BCUT2D eigenvalue weighted by Crippen LogP contribution is -2.39. The molecule has 2 N–H and O–H groups in total. The van der Waals surface area contributed by atoms with Crippen molar-refractivity contribution in [3.63, 3.8) is 0 Å². The molecule has 6 nitrogen and oxygen atoms in total. The Labute approximate surface area is 158 Å². The molecule has 0 saturated heterocycles. The van der Waals surface area contributed by atoms with E-state index in [9.17, 15) is 0 Å². The predicted octanol–water partition coefficient (Wildman–Crippen LogP) is 2.35. The van der Waals surface area contributed by atoms with E-state index in [1.54, 1.807) is 18.5 Å².